The average Bonchev–Trinajstić information content (AvgIpc) is 2.31. The maximum Gasteiger partial charge on any atom is 0.251 e. The highest BCUT2D eigenvalue weighted by molar-refractivity contribution is 9.10. The molecule has 0 heterocycles. The molecule has 1 aliphatic rings. The maximum atomic E-state index is 11.5. The van der Waals surface area contributed by atoms with Crippen molar-refractivity contribution >= 4 is 27.5 Å². The second-order valence-corrected chi connectivity index (χ2v) is 5.58. The standard InChI is InChI=1S/C13H18BrN3O/c14-8-4-3-7-11(12(8)13(16)18)17-10-6-2-1-5-9(10)15/h3-4,7,9-10,17H,1-2,5-6,15H2,(H2,16,18)/t9-,10-/m1/s1. The zero-order valence-corrected chi connectivity index (χ0v) is 11.7. The quantitative estimate of drug-likeness (QED) is 0.800. The number of halogens is 1. The Bertz CT molecular complexity index is 450. The summed E-state index contributed by atoms with van der Waals surface area (Å²) in [5.41, 5.74) is 12.8. The Hall–Kier alpha value is -1.07. The van der Waals surface area contributed by atoms with Crippen LogP contribution in [-0.4, -0.2) is 18.0 Å². The van der Waals surface area contributed by atoms with Crippen LogP contribution in [0.15, 0.2) is 22.7 Å². The molecule has 0 saturated heterocycles. The van der Waals surface area contributed by atoms with E-state index in [1.54, 1.807) is 0 Å². The van der Waals surface area contributed by atoms with Crippen LogP contribution in [0, 0.1) is 0 Å². The molecule has 18 heavy (non-hydrogen) atoms. The number of anilines is 1. The van der Waals surface area contributed by atoms with E-state index in [4.69, 9.17) is 11.5 Å². The van der Waals surface area contributed by atoms with Crippen LogP contribution in [0.25, 0.3) is 0 Å². The first kappa shape index (κ1) is 13.4. The maximum absolute atomic E-state index is 11.5. The Kier molecular flexibility index (Phi) is 4.24. The molecule has 5 heteroatoms. The number of benzene rings is 1. The minimum atomic E-state index is -0.436. The Morgan fingerprint density at radius 2 is 2.06 bits per heavy atom. The number of primary amides is 1. The van der Waals surface area contributed by atoms with Gasteiger partial charge in [-0.3, -0.25) is 4.79 Å². The lowest BCUT2D eigenvalue weighted by Gasteiger charge is -2.30. The number of rotatable bonds is 3. The van der Waals surface area contributed by atoms with Crippen molar-refractivity contribution < 1.29 is 4.79 Å². The monoisotopic (exact) mass is 311 g/mol. The smallest absolute Gasteiger partial charge is 0.251 e. The van der Waals surface area contributed by atoms with Gasteiger partial charge in [0.25, 0.3) is 5.91 Å². The largest absolute Gasteiger partial charge is 0.380 e. The van der Waals surface area contributed by atoms with Crippen LogP contribution in [0.3, 0.4) is 0 Å². The minimum absolute atomic E-state index is 0.137. The van der Waals surface area contributed by atoms with E-state index in [2.05, 4.69) is 21.2 Å². The third-order valence-electron chi connectivity index (χ3n) is 3.42. The summed E-state index contributed by atoms with van der Waals surface area (Å²) in [6.45, 7) is 0. The Balaban J connectivity index is 2.23. The minimum Gasteiger partial charge on any atom is -0.380 e. The van der Waals surface area contributed by atoms with Crippen molar-refractivity contribution in [1.29, 1.82) is 0 Å². The van der Waals surface area contributed by atoms with Crippen LogP contribution >= 0.6 is 15.9 Å². The van der Waals surface area contributed by atoms with Crippen molar-refractivity contribution in [2.24, 2.45) is 11.5 Å². The molecule has 1 amide bonds. The predicted molar refractivity (Wildman–Crippen MR) is 76.5 cm³/mol. The van der Waals surface area contributed by atoms with E-state index < -0.39 is 5.91 Å². The molecule has 1 aromatic rings. The highest BCUT2D eigenvalue weighted by atomic mass is 79.9. The zero-order chi connectivity index (χ0) is 13.1. The third-order valence-corrected chi connectivity index (χ3v) is 4.08. The van der Waals surface area contributed by atoms with Gasteiger partial charge in [-0.25, -0.2) is 0 Å². The van der Waals surface area contributed by atoms with Crippen molar-refractivity contribution in [1.82, 2.24) is 0 Å². The number of hydrogen-bond acceptors (Lipinski definition) is 3. The van der Waals surface area contributed by atoms with Gasteiger partial charge in [-0.2, -0.15) is 0 Å². The van der Waals surface area contributed by atoms with Gasteiger partial charge < -0.3 is 16.8 Å². The second kappa shape index (κ2) is 5.71. The summed E-state index contributed by atoms with van der Waals surface area (Å²) in [5, 5.41) is 3.37. The summed E-state index contributed by atoms with van der Waals surface area (Å²) in [7, 11) is 0. The van der Waals surface area contributed by atoms with Crippen molar-refractivity contribution in [2.45, 2.75) is 37.8 Å². The van der Waals surface area contributed by atoms with E-state index in [1.807, 2.05) is 18.2 Å². The number of hydrogen-bond donors (Lipinski definition) is 3. The summed E-state index contributed by atoms with van der Waals surface area (Å²) >= 11 is 3.36. The van der Waals surface area contributed by atoms with Crippen molar-refractivity contribution in [2.75, 3.05) is 5.32 Å². The molecule has 0 aliphatic heterocycles. The van der Waals surface area contributed by atoms with Crippen molar-refractivity contribution in [3.63, 3.8) is 0 Å². The molecule has 2 atom stereocenters. The van der Waals surface area contributed by atoms with Gasteiger partial charge in [0.2, 0.25) is 0 Å². The van der Waals surface area contributed by atoms with Gasteiger partial charge in [0, 0.05) is 22.2 Å². The van der Waals surface area contributed by atoms with Crippen LogP contribution in [0.2, 0.25) is 0 Å². The fourth-order valence-electron chi connectivity index (χ4n) is 2.43. The fourth-order valence-corrected chi connectivity index (χ4v) is 2.99. The van der Waals surface area contributed by atoms with Crippen LogP contribution in [0.4, 0.5) is 5.69 Å². The summed E-state index contributed by atoms with van der Waals surface area (Å²) in [6, 6.07) is 5.91. The van der Waals surface area contributed by atoms with E-state index in [9.17, 15) is 4.79 Å². The Labute approximate surface area is 115 Å². The van der Waals surface area contributed by atoms with Crippen LogP contribution in [-0.2, 0) is 0 Å². The molecule has 1 fully saturated rings. The molecule has 5 N–H and O–H groups in total. The highest BCUT2D eigenvalue weighted by Crippen LogP contribution is 2.27. The number of amides is 1. The number of nitrogens with two attached hydrogens (primary N) is 2. The van der Waals surface area contributed by atoms with Gasteiger partial charge in [0.15, 0.2) is 0 Å². The van der Waals surface area contributed by atoms with Gasteiger partial charge in [-0.15, -0.1) is 0 Å². The SMILES string of the molecule is NC(=O)c1c(Br)cccc1N[C@@H]1CCCC[C@H]1N. The predicted octanol–water partition coefficient (Wildman–Crippen LogP) is 2.23. The molecule has 1 saturated carbocycles. The first-order valence-corrected chi connectivity index (χ1v) is 6.99. The molecule has 0 aromatic heterocycles. The van der Waals surface area contributed by atoms with Crippen LogP contribution in [0.5, 0.6) is 0 Å². The lowest BCUT2D eigenvalue weighted by atomic mass is 9.90. The number of carbonyl (C=O) groups is 1. The molecule has 0 spiro atoms. The van der Waals surface area contributed by atoms with Crippen molar-refractivity contribution in [3.05, 3.63) is 28.2 Å². The molecule has 1 aromatic carbocycles. The van der Waals surface area contributed by atoms with Gasteiger partial charge in [-0.1, -0.05) is 18.9 Å². The summed E-state index contributed by atoms with van der Waals surface area (Å²) in [4.78, 5) is 11.5. The van der Waals surface area contributed by atoms with Crippen LogP contribution < -0.4 is 16.8 Å². The fraction of sp³-hybridized carbons (Fsp3) is 0.462. The molecule has 0 radical (unpaired) electrons. The molecule has 0 unspecified atom stereocenters. The molecule has 0 bridgehead atoms. The lowest BCUT2D eigenvalue weighted by molar-refractivity contribution is 0.1000. The van der Waals surface area contributed by atoms with E-state index in [1.165, 1.54) is 12.8 Å². The molecule has 2 rings (SSSR count). The number of nitrogens with one attached hydrogen (secondary N) is 1. The summed E-state index contributed by atoms with van der Waals surface area (Å²) in [5.74, 6) is -0.436. The second-order valence-electron chi connectivity index (χ2n) is 4.73. The van der Waals surface area contributed by atoms with E-state index in [0.29, 0.717) is 10.0 Å². The van der Waals surface area contributed by atoms with Gasteiger partial charge >= 0.3 is 0 Å². The first-order chi connectivity index (χ1) is 8.59. The van der Waals surface area contributed by atoms with Gasteiger partial charge in [-0.05, 0) is 40.9 Å². The molecular formula is C13H18BrN3O. The van der Waals surface area contributed by atoms with Crippen LogP contribution in [0.1, 0.15) is 36.0 Å². The number of carbonyl (C=O) groups excluding carboxylic acids is 1. The van der Waals surface area contributed by atoms with Gasteiger partial charge in [0.05, 0.1) is 5.56 Å². The highest BCUT2D eigenvalue weighted by Gasteiger charge is 2.23. The normalized spacial score (nSPS) is 23.7. The Morgan fingerprint density at radius 3 is 2.72 bits per heavy atom. The molecule has 4 nitrogen and oxygen atoms in total. The van der Waals surface area contributed by atoms with Gasteiger partial charge in [0.1, 0.15) is 0 Å². The Morgan fingerprint density at radius 1 is 1.33 bits per heavy atom. The van der Waals surface area contributed by atoms with E-state index in [-0.39, 0.29) is 12.1 Å². The molecular weight excluding hydrogens is 294 g/mol. The molecule has 98 valence electrons. The summed E-state index contributed by atoms with van der Waals surface area (Å²) in [6.07, 6.45) is 4.41. The zero-order valence-electron chi connectivity index (χ0n) is 10.2. The van der Waals surface area contributed by atoms with Crippen molar-refractivity contribution in [3.8, 4) is 0 Å². The van der Waals surface area contributed by atoms with E-state index >= 15 is 0 Å². The summed E-state index contributed by atoms with van der Waals surface area (Å²) < 4.78 is 0.712. The first-order valence-electron chi connectivity index (χ1n) is 6.20. The van der Waals surface area contributed by atoms with E-state index in [0.717, 1.165) is 18.5 Å². The average molecular weight is 312 g/mol. The molecule has 1 aliphatic carbocycles. The topological polar surface area (TPSA) is 81.1 Å². The lowest BCUT2D eigenvalue weighted by Crippen LogP contribution is -2.42. The third kappa shape index (κ3) is 2.84.